The lowest BCUT2D eigenvalue weighted by atomic mass is 10.2. The molecule has 7 heteroatoms. The molecule has 0 aliphatic heterocycles. The fourth-order valence-corrected chi connectivity index (χ4v) is 3.17. The Morgan fingerprint density at radius 1 is 1.17 bits per heavy atom. The van der Waals surface area contributed by atoms with Gasteiger partial charge in [-0.25, -0.2) is 14.5 Å². The van der Waals surface area contributed by atoms with E-state index < -0.39 is 0 Å². The smallest absolute Gasteiger partial charge is 0.176 e. The van der Waals surface area contributed by atoms with Crippen LogP contribution in [0.4, 0.5) is 0 Å². The number of aryl methyl sites for hydroxylation is 1. The molecule has 0 aliphatic rings. The Morgan fingerprint density at radius 3 is 2.67 bits per heavy atom. The summed E-state index contributed by atoms with van der Waals surface area (Å²) in [5.41, 5.74) is 3.47. The lowest BCUT2D eigenvalue weighted by Crippen LogP contribution is -2.14. The van der Waals surface area contributed by atoms with Gasteiger partial charge in [0.2, 0.25) is 0 Å². The Kier molecular flexibility index (Phi) is 3.49. The topological polar surface area (TPSA) is 60.9 Å². The normalized spacial score (nSPS) is 13.0. The molecule has 24 heavy (non-hydrogen) atoms. The molecule has 0 amide bonds. The van der Waals surface area contributed by atoms with Crippen molar-refractivity contribution < 1.29 is 0 Å². The Bertz CT molecular complexity index is 1050. The van der Waals surface area contributed by atoms with E-state index in [4.69, 9.17) is 16.6 Å². The molecule has 0 bridgehead atoms. The summed E-state index contributed by atoms with van der Waals surface area (Å²) in [5.74, 6) is 0.720. The van der Waals surface area contributed by atoms with Crippen molar-refractivity contribution in [1.82, 2.24) is 29.4 Å². The van der Waals surface area contributed by atoms with Gasteiger partial charge in [0.15, 0.2) is 11.5 Å². The maximum absolute atomic E-state index is 6.30. The van der Waals surface area contributed by atoms with Crippen molar-refractivity contribution >= 4 is 28.2 Å². The van der Waals surface area contributed by atoms with Crippen LogP contribution in [0.3, 0.4) is 0 Å². The minimum absolute atomic E-state index is 0.0603. The predicted octanol–water partition coefficient (Wildman–Crippen LogP) is 3.74. The molecule has 3 heterocycles. The third-order valence-electron chi connectivity index (χ3n) is 4.32. The summed E-state index contributed by atoms with van der Waals surface area (Å²) in [6.07, 6.45) is 2.52. The minimum atomic E-state index is -0.0603. The maximum Gasteiger partial charge on any atom is 0.176 e. The Hall–Kier alpha value is -2.47. The quantitative estimate of drug-likeness (QED) is 0.570. The van der Waals surface area contributed by atoms with Crippen molar-refractivity contribution in [2.75, 3.05) is 0 Å². The second-order valence-corrected chi connectivity index (χ2v) is 6.23. The number of rotatable bonds is 3. The number of benzene rings is 1. The summed E-state index contributed by atoms with van der Waals surface area (Å²) in [4.78, 5) is 9.21. The monoisotopic (exact) mass is 340 g/mol. The van der Waals surface area contributed by atoms with Crippen LogP contribution >= 0.6 is 11.6 Å². The highest BCUT2D eigenvalue weighted by molar-refractivity contribution is 6.31. The van der Waals surface area contributed by atoms with E-state index in [1.165, 1.54) is 0 Å². The van der Waals surface area contributed by atoms with E-state index in [0.29, 0.717) is 5.02 Å². The van der Waals surface area contributed by atoms with Crippen LogP contribution in [-0.2, 0) is 0 Å². The van der Waals surface area contributed by atoms with E-state index in [-0.39, 0.29) is 6.04 Å². The van der Waals surface area contributed by atoms with Crippen LogP contribution in [0.2, 0.25) is 5.02 Å². The largest absolute Gasteiger partial charge is 0.257 e. The molecule has 6 nitrogen and oxygen atoms in total. The van der Waals surface area contributed by atoms with Crippen LogP contribution in [0, 0.1) is 13.8 Å². The predicted molar refractivity (Wildman–Crippen MR) is 93.4 cm³/mol. The van der Waals surface area contributed by atoms with Crippen molar-refractivity contribution in [3.63, 3.8) is 0 Å². The molecular weight excluding hydrogens is 324 g/mol. The Balaban J connectivity index is 1.90. The molecule has 0 fully saturated rings. The van der Waals surface area contributed by atoms with Gasteiger partial charge in [0.25, 0.3) is 0 Å². The molecule has 0 aliphatic carbocycles. The third kappa shape index (κ3) is 2.17. The summed E-state index contributed by atoms with van der Waals surface area (Å²) in [6.45, 7) is 5.97. The number of aromatic nitrogens is 6. The van der Waals surface area contributed by atoms with Crippen LogP contribution in [0.15, 0.2) is 30.6 Å². The van der Waals surface area contributed by atoms with Gasteiger partial charge in [-0.05, 0) is 32.4 Å². The fourth-order valence-electron chi connectivity index (χ4n) is 3.05. The molecule has 1 aromatic carbocycles. The van der Waals surface area contributed by atoms with Crippen molar-refractivity contribution in [3.05, 3.63) is 52.8 Å². The van der Waals surface area contributed by atoms with Crippen LogP contribution < -0.4 is 0 Å². The summed E-state index contributed by atoms with van der Waals surface area (Å²) >= 11 is 6.30. The highest BCUT2D eigenvalue weighted by Crippen LogP contribution is 2.27. The molecule has 0 saturated heterocycles. The van der Waals surface area contributed by atoms with Crippen molar-refractivity contribution in [3.8, 4) is 0 Å². The van der Waals surface area contributed by atoms with Crippen molar-refractivity contribution in [2.45, 2.75) is 33.2 Å². The maximum atomic E-state index is 6.30. The Labute approximate surface area is 144 Å². The molecule has 3 aromatic heterocycles. The van der Waals surface area contributed by atoms with Gasteiger partial charge in [0, 0.05) is 5.39 Å². The first-order valence-electron chi connectivity index (χ1n) is 7.91. The van der Waals surface area contributed by atoms with Gasteiger partial charge >= 0.3 is 0 Å². The van der Waals surface area contributed by atoms with E-state index in [2.05, 4.69) is 22.1 Å². The molecule has 4 rings (SSSR count). The number of para-hydroxylation sites is 1. The summed E-state index contributed by atoms with van der Waals surface area (Å²) in [6, 6.07) is 7.88. The lowest BCUT2D eigenvalue weighted by Gasteiger charge is -2.13. The molecule has 0 saturated carbocycles. The van der Waals surface area contributed by atoms with Gasteiger partial charge in [0.1, 0.15) is 12.4 Å². The number of fused-ring (bicyclic) bond motifs is 3. The van der Waals surface area contributed by atoms with Crippen LogP contribution in [0.25, 0.3) is 16.6 Å². The van der Waals surface area contributed by atoms with Gasteiger partial charge in [-0.15, -0.1) is 5.10 Å². The first kappa shape index (κ1) is 15.1. The number of nitrogens with zero attached hydrogens (tertiary/aromatic N) is 6. The highest BCUT2D eigenvalue weighted by atomic mass is 35.5. The molecule has 1 atom stereocenters. The standard InChI is InChI=1S/C17H17ClN6/c1-4-14(24-11(3)15(18)10(2)21-24)16-20-17-12-7-5-6-8-13(12)19-9-23(17)22-16/h5-9,14H,4H2,1-3H3/t14-/m1/s1. The molecule has 122 valence electrons. The summed E-state index contributed by atoms with van der Waals surface area (Å²) < 4.78 is 3.65. The number of hydrogen-bond acceptors (Lipinski definition) is 4. The van der Waals surface area contributed by atoms with E-state index in [9.17, 15) is 0 Å². The molecule has 0 spiro atoms. The van der Waals surface area contributed by atoms with Gasteiger partial charge in [0.05, 0.1) is 21.9 Å². The van der Waals surface area contributed by atoms with Gasteiger partial charge in [-0.3, -0.25) is 4.68 Å². The van der Waals surface area contributed by atoms with E-state index in [0.717, 1.165) is 40.2 Å². The van der Waals surface area contributed by atoms with E-state index >= 15 is 0 Å². The number of halogens is 1. The van der Waals surface area contributed by atoms with Crippen LogP contribution in [-0.4, -0.2) is 29.4 Å². The molecule has 0 unspecified atom stereocenters. The summed E-state index contributed by atoms with van der Waals surface area (Å²) in [5, 5.41) is 10.9. The fraction of sp³-hybridized carbons (Fsp3) is 0.294. The second kappa shape index (κ2) is 5.56. The van der Waals surface area contributed by atoms with Crippen molar-refractivity contribution in [2.24, 2.45) is 0 Å². The van der Waals surface area contributed by atoms with Gasteiger partial charge in [-0.1, -0.05) is 30.7 Å². The zero-order valence-electron chi connectivity index (χ0n) is 13.7. The molecular formula is C17H17ClN6. The zero-order valence-corrected chi connectivity index (χ0v) is 14.5. The lowest BCUT2D eigenvalue weighted by molar-refractivity contribution is 0.472. The van der Waals surface area contributed by atoms with Crippen LogP contribution in [0.5, 0.6) is 0 Å². The van der Waals surface area contributed by atoms with E-state index in [1.54, 1.807) is 10.8 Å². The SMILES string of the molecule is CC[C@H](c1nc2c3ccccc3ncn2n1)n1nc(C)c(Cl)c1C. The molecule has 4 aromatic rings. The first-order chi connectivity index (χ1) is 11.6. The Morgan fingerprint density at radius 2 is 1.96 bits per heavy atom. The minimum Gasteiger partial charge on any atom is -0.257 e. The van der Waals surface area contributed by atoms with E-state index in [1.807, 2.05) is 42.8 Å². The zero-order chi connectivity index (χ0) is 16.8. The number of hydrogen-bond donors (Lipinski definition) is 0. The van der Waals surface area contributed by atoms with Gasteiger partial charge in [-0.2, -0.15) is 5.10 Å². The third-order valence-corrected chi connectivity index (χ3v) is 4.86. The van der Waals surface area contributed by atoms with Crippen LogP contribution in [0.1, 0.15) is 36.6 Å². The first-order valence-corrected chi connectivity index (χ1v) is 8.29. The second-order valence-electron chi connectivity index (χ2n) is 5.85. The average Bonchev–Trinajstić information content (AvgIpc) is 3.13. The highest BCUT2D eigenvalue weighted by Gasteiger charge is 2.22. The average molecular weight is 341 g/mol. The van der Waals surface area contributed by atoms with Gasteiger partial charge < -0.3 is 0 Å². The van der Waals surface area contributed by atoms with Crippen molar-refractivity contribution in [1.29, 1.82) is 0 Å². The molecule has 0 radical (unpaired) electrons. The summed E-state index contributed by atoms with van der Waals surface area (Å²) in [7, 11) is 0. The molecule has 0 N–H and O–H groups in total.